The van der Waals surface area contributed by atoms with Gasteiger partial charge < -0.3 is 9.52 Å². The van der Waals surface area contributed by atoms with E-state index in [9.17, 15) is 4.79 Å². The molecule has 2 heterocycles. The predicted molar refractivity (Wildman–Crippen MR) is 72.8 cm³/mol. The highest BCUT2D eigenvalue weighted by atomic mass is 32.2. The highest BCUT2D eigenvalue weighted by Gasteiger charge is 2.27. The van der Waals surface area contributed by atoms with Gasteiger partial charge in [0.1, 0.15) is 4.75 Å². The number of rotatable bonds is 5. The Bertz CT molecular complexity index is 531. The molecule has 0 aliphatic carbocycles. The highest BCUT2D eigenvalue weighted by molar-refractivity contribution is 8.00. The van der Waals surface area contributed by atoms with Crippen LogP contribution in [0.15, 0.2) is 28.2 Å². The molecule has 0 amide bonds. The highest BCUT2D eigenvalue weighted by Crippen LogP contribution is 2.30. The molecule has 0 aromatic carbocycles. The lowest BCUT2D eigenvalue weighted by molar-refractivity contribution is -0.138. The molecule has 4 nitrogen and oxygen atoms in total. The summed E-state index contributed by atoms with van der Waals surface area (Å²) >= 11 is 2.87. The van der Waals surface area contributed by atoms with E-state index in [0.29, 0.717) is 5.75 Å². The van der Waals surface area contributed by atoms with E-state index in [1.54, 1.807) is 20.1 Å². The summed E-state index contributed by atoms with van der Waals surface area (Å²) in [6.45, 7) is 3.39. The molecule has 18 heavy (non-hydrogen) atoms. The van der Waals surface area contributed by atoms with Crippen LogP contribution in [0.2, 0.25) is 0 Å². The lowest BCUT2D eigenvalue weighted by Crippen LogP contribution is -2.27. The number of hydrogen-bond donors (Lipinski definition) is 1. The molecule has 6 heteroatoms. The number of furan rings is 1. The van der Waals surface area contributed by atoms with Crippen LogP contribution < -0.4 is 0 Å². The van der Waals surface area contributed by atoms with Gasteiger partial charge in [-0.2, -0.15) is 0 Å². The fraction of sp³-hybridized carbons (Fsp3) is 0.333. The van der Waals surface area contributed by atoms with Gasteiger partial charge in [-0.1, -0.05) is 0 Å². The Balaban J connectivity index is 2.02. The predicted octanol–water partition coefficient (Wildman–Crippen LogP) is 3.50. The van der Waals surface area contributed by atoms with Crippen LogP contribution in [0.1, 0.15) is 19.5 Å². The first-order valence-corrected chi connectivity index (χ1v) is 7.21. The molecule has 0 aliphatic heterocycles. The number of thioether (sulfide) groups is 1. The Labute approximate surface area is 113 Å². The third-order valence-corrected chi connectivity index (χ3v) is 4.62. The summed E-state index contributed by atoms with van der Waals surface area (Å²) in [6.07, 6.45) is 1.61. The Kier molecular flexibility index (Phi) is 3.77. The summed E-state index contributed by atoms with van der Waals surface area (Å²) in [5.41, 5.74) is 0.880. The van der Waals surface area contributed by atoms with E-state index in [4.69, 9.17) is 9.52 Å². The summed E-state index contributed by atoms with van der Waals surface area (Å²) in [4.78, 5) is 15.4. The number of aliphatic carboxylic acids is 1. The molecule has 0 saturated carbocycles. The average Bonchev–Trinajstić information content (AvgIpc) is 2.97. The SMILES string of the molecule is CC(C)(SCc1csc(-c2ccco2)n1)C(=O)O. The van der Waals surface area contributed by atoms with E-state index in [0.717, 1.165) is 16.5 Å². The van der Waals surface area contributed by atoms with Gasteiger partial charge in [0.25, 0.3) is 0 Å². The molecular weight excluding hydrogens is 270 g/mol. The van der Waals surface area contributed by atoms with Crippen LogP contribution in [0.25, 0.3) is 10.8 Å². The molecule has 0 unspecified atom stereocenters. The summed E-state index contributed by atoms with van der Waals surface area (Å²) in [7, 11) is 0. The van der Waals surface area contributed by atoms with Gasteiger partial charge in [-0.15, -0.1) is 23.1 Å². The number of aromatic nitrogens is 1. The van der Waals surface area contributed by atoms with Gasteiger partial charge in [0, 0.05) is 11.1 Å². The van der Waals surface area contributed by atoms with Gasteiger partial charge in [-0.05, 0) is 26.0 Å². The lowest BCUT2D eigenvalue weighted by Gasteiger charge is -2.17. The number of hydrogen-bond acceptors (Lipinski definition) is 5. The maximum absolute atomic E-state index is 11.0. The molecule has 0 atom stereocenters. The largest absolute Gasteiger partial charge is 0.480 e. The molecule has 0 aliphatic rings. The minimum absolute atomic E-state index is 0.580. The number of nitrogens with zero attached hydrogens (tertiary/aromatic N) is 1. The van der Waals surface area contributed by atoms with Crippen molar-refractivity contribution in [3.63, 3.8) is 0 Å². The van der Waals surface area contributed by atoms with Gasteiger partial charge >= 0.3 is 5.97 Å². The second kappa shape index (κ2) is 5.16. The van der Waals surface area contributed by atoms with Gasteiger partial charge in [-0.3, -0.25) is 4.79 Å². The standard InChI is InChI=1S/C12H13NO3S2/c1-12(2,11(14)15)18-7-8-6-17-10(13-8)9-4-3-5-16-9/h3-6H,7H2,1-2H3,(H,14,15). The molecule has 0 bridgehead atoms. The smallest absolute Gasteiger partial charge is 0.319 e. The molecule has 1 N–H and O–H groups in total. The molecule has 2 aromatic heterocycles. The zero-order valence-corrected chi connectivity index (χ0v) is 11.7. The minimum atomic E-state index is -0.811. The topological polar surface area (TPSA) is 63.3 Å². The first-order valence-electron chi connectivity index (χ1n) is 5.34. The molecule has 0 saturated heterocycles. The summed E-state index contributed by atoms with van der Waals surface area (Å²) in [6, 6.07) is 3.68. The van der Waals surface area contributed by atoms with Crippen molar-refractivity contribution in [1.29, 1.82) is 0 Å². The molecule has 2 rings (SSSR count). The second-order valence-electron chi connectivity index (χ2n) is 4.23. The molecule has 96 valence electrons. The molecular formula is C12H13NO3S2. The van der Waals surface area contributed by atoms with Crippen molar-refractivity contribution in [2.45, 2.75) is 24.3 Å². The maximum Gasteiger partial charge on any atom is 0.319 e. The quantitative estimate of drug-likeness (QED) is 0.910. The number of carboxylic acid groups (broad SMARTS) is 1. The van der Waals surface area contributed by atoms with E-state index < -0.39 is 10.7 Å². The van der Waals surface area contributed by atoms with Crippen molar-refractivity contribution in [1.82, 2.24) is 4.98 Å². The van der Waals surface area contributed by atoms with E-state index in [1.165, 1.54) is 23.1 Å². The summed E-state index contributed by atoms with van der Waals surface area (Å²) < 4.78 is 4.47. The second-order valence-corrected chi connectivity index (χ2v) is 6.68. The molecule has 0 fully saturated rings. The molecule has 2 aromatic rings. The van der Waals surface area contributed by atoms with Crippen LogP contribution >= 0.6 is 23.1 Å². The summed E-state index contributed by atoms with van der Waals surface area (Å²) in [5, 5.41) is 11.8. The zero-order valence-electron chi connectivity index (χ0n) is 10.0. The number of thiazole rings is 1. The van der Waals surface area contributed by atoms with Crippen molar-refractivity contribution in [3.05, 3.63) is 29.5 Å². The van der Waals surface area contributed by atoms with Crippen LogP contribution in [0.4, 0.5) is 0 Å². The minimum Gasteiger partial charge on any atom is -0.480 e. The van der Waals surface area contributed by atoms with Crippen molar-refractivity contribution in [2.24, 2.45) is 0 Å². The zero-order chi connectivity index (χ0) is 13.2. The summed E-state index contributed by atoms with van der Waals surface area (Å²) in [5.74, 6) is 0.513. The Morgan fingerprint density at radius 3 is 3.00 bits per heavy atom. The Morgan fingerprint density at radius 1 is 1.61 bits per heavy atom. The molecule has 0 spiro atoms. The maximum atomic E-state index is 11.0. The van der Waals surface area contributed by atoms with E-state index >= 15 is 0 Å². The monoisotopic (exact) mass is 283 g/mol. The van der Waals surface area contributed by atoms with Crippen LogP contribution in [0.5, 0.6) is 0 Å². The Hall–Kier alpha value is -1.27. The first-order chi connectivity index (χ1) is 8.49. The van der Waals surface area contributed by atoms with Crippen LogP contribution in [-0.2, 0) is 10.5 Å². The van der Waals surface area contributed by atoms with Crippen molar-refractivity contribution in [2.75, 3.05) is 0 Å². The average molecular weight is 283 g/mol. The molecule has 0 radical (unpaired) electrons. The van der Waals surface area contributed by atoms with Crippen LogP contribution in [-0.4, -0.2) is 20.8 Å². The third-order valence-electron chi connectivity index (χ3n) is 2.38. The van der Waals surface area contributed by atoms with Gasteiger partial charge in [-0.25, -0.2) is 4.98 Å². The van der Waals surface area contributed by atoms with Crippen molar-refractivity contribution in [3.8, 4) is 10.8 Å². The normalized spacial score (nSPS) is 11.7. The fourth-order valence-corrected chi connectivity index (χ4v) is 2.87. The van der Waals surface area contributed by atoms with Crippen LogP contribution in [0, 0.1) is 0 Å². The van der Waals surface area contributed by atoms with Crippen LogP contribution in [0.3, 0.4) is 0 Å². The number of carboxylic acids is 1. The van der Waals surface area contributed by atoms with Crippen molar-refractivity contribution < 1.29 is 14.3 Å². The van der Waals surface area contributed by atoms with Gasteiger partial charge in [0.15, 0.2) is 10.8 Å². The van der Waals surface area contributed by atoms with E-state index in [2.05, 4.69) is 4.98 Å². The Morgan fingerprint density at radius 2 is 2.39 bits per heavy atom. The van der Waals surface area contributed by atoms with Gasteiger partial charge in [0.2, 0.25) is 0 Å². The number of carbonyl (C=O) groups is 1. The van der Waals surface area contributed by atoms with Crippen molar-refractivity contribution >= 4 is 29.1 Å². The lowest BCUT2D eigenvalue weighted by atomic mass is 10.2. The fourth-order valence-electron chi connectivity index (χ4n) is 1.20. The van der Waals surface area contributed by atoms with E-state index in [1.807, 2.05) is 17.5 Å². The third kappa shape index (κ3) is 2.94. The van der Waals surface area contributed by atoms with E-state index in [-0.39, 0.29) is 0 Å². The first kappa shape index (κ1) is 13.2. The van der Waals surface area contributed by atoms with Gasteiger partial charge in [0.05, 0.1) is 12.0 Å².